The van der Waals surface area contributed by atoms with E-state index in [-0.39, 0.29) is 23.8 Å². The lowest BCUT2D eigenvalue weighted by Crippen LogP contribution is -2.51. The Morgan fingerprint density at radius 3 is 2.65 bits per heavy atom. The molecule has 2 amide bonds. The van der Waals surface area contributed by atoms with Gasteiger partial charge in [-0.1, -0.05) is 0 Å². The van der Waals surface area contributed by atoms with Crippen LogP contribution in [0.2, 0.25) is 0 Å². The zero-order chi connectivity index (χ0) is 24.0. The van der Waals surface area contributed by atoms with Crippen molar-refractivity contribution in [2.24, 2.45) is 11.8 Å². The minimum Gasteiger partial charge on any atom is -0.444 e. The lowest BCUT2D eigenvalue weighted by atomic mass is 9.97. The van der Waals surface area contributed by atoms with Gasteiger partial charge in [0, 0.05) is 31.0 Å². The third-order valence-corrected chi connectivity index (χ3v) is 6.95. The van der Waals surface area contributed by atoms with E-state index < -0.39 is 35.4 Å². The molecule has 0 bridgehead atoms. The molecule has 4 aliphatic rings. The van der Waals surface area contributed by atoms with Crippen LogP contribution < -0.4 is 19.9 Å². The van der Waals surface area contributed by atoms with Crippen molar-refractivity contribution in [2.75, 3.05) is 22.9 Å². The molecule has 3 fully saturated rings. The van der Waals surface area contributed by atoms with Gasteiger partial charge in [-0.3, -0.25) is 4.90 Å². The Bertz CT molecular complexity index is 1180. The number of ether oxygens (including phenoxy) is 3. The number of amides is 2. The largest absolute Gasteiger partial charge is 0.444 e. The minimum absolute atomic E-state index is 0.0457. The maximum Gasteiger partial charge on any atom is 0.418 e. The van der Waals surface area contributed by atoms with E-state index in [9.17, 15) is 14.0 Å². The first-order valence-corrected chi connectivity index (χ1v) is 11.3. The summed E-state index contributed by atoms with van der Waals surface area (Å²) in [5, 5.41) is 6.67. The fourth-order valence-electron chi connectivity index (χ4n) is 5.31. The Balaban J connectivity index is 1.20. The molecule has 11 heteroatoms. The van der Waals surface area contributed by atoms with Crippen LogP contribution in [-0.2, 0) is 15.3 Å². The highest BCUT2D eigenvalue weighted by Gasteiger charge is 2.65. The summed E-state index contributed by atoms with van der Waals surface area (Å²) < 4.78 is 35.9. The first-order valence-electron chi connectivity index (χ1n) is 11.3. The van der Waals surface area contributed by atoms with Crippen molar-refractivity contribution in [1.82, 2.24) is 10.5 Å². The molecular weight excluding hydrogens is 447 g/mol. The number of nitrogens with one attached hydrogen (secondary N) is 1. The second-order valence-electron chi connectivity index (χ2n) is 10.3. The van der Waals surface area contributed by atoms with Gasteiger partial charge in [-0.2, -0.15) is 0 Å². The van der Waals surface area contributed by atoms with Crippen LogP contribution >= 0.6 is 0 Å². The molecule has 2 aromatic rings. The molecular formula is C23H25FN4O6. The Morgan fingerprint density at radius 2 is 1.97 bits per heavy atom. The van der Waals surface area contributed by atoms with Gasteiger partial charge in [0.15, 0.2) is 0 Å². The van der Waals surface area contributed by atoms with Gasteiger partial charge in [-0.15, -0.1) is 0 Å². The summed E-state index contributed by atoms with van der Waals surface area (Å²) >= 11 is 0. The second-order valence-corrected chi connectivity index (χ2v) is 10.3. The summed E-state index contributed by atoms with van der Waals surface area (Å²) in [6.45, 7) is 8.58. The van der Waals surface area contributed by atoms with Gasteiger partial charge in [-0.05, 0) is 51.1 Å². The van der Waals surface area contributed by atoms with Gasteiger partial charge >= 0.3 is 18.0 Å². The highest BCUT2D eigenvalue weighted by Crippen LogP contribution is 2.54. The van der Waals surface area contributed by atoms with Crippen molar-refractivity contribution >= 4 is 23.6 Å². The van der Waals surface area contributed by atoms with Crippen LogP contribution in [0.25, 0.3) is 0 Å². The molecule has 4 heterocycles. The van der Waals surface area contributed by atoms with Crippen LogP contribution in [0.3, 0.4) is 0 Å². The third-order valence-electron chi connectivity index (χ3n) is 6.95. The van der Waals surface area contributed by atoms with Crippen molar-refractivity contribution in [3.05, 3.63) is 35.8 Å². The first kappa shape index (κ1) is 21.1. The van der Waals surface area contributed by atoms with E-state index in [4.69, 9.17) is 18.7 Å². The molecule has 1 unspecified atom stereocenters. The number of hydrogen-bond donors (Lipinski definition) is 1. The topological polar surface area (TPSA) is 106 Å². The van der Waals surface area contributed by atoms with Crippen molar-refractivity contribution in [1.29, 1.82) is 0 Å². The summed E-state index contributed by atoms with van der Waals surface area (Å²) in [5.74, 6) is -0.993. The molecule has 1 saturated carbocycles. The number of piperidine rings is 1. The van der Waals surface area contributed by atoms with E-state index >= 15 is 0 Å². The van der Waals surface area contributed by atoms with Crippen LogP contribution in [0.15, 0.2) is 29.0 Å². The molecule has 3 aliphatic heterocycles. The molecule has 0 radical (unpaired) electrons. The normalized spacial score (nSPS) is 30.9. The lowest BCUT2D eigenvalue weighted by Gasteiger charge is -2.37. The lowest BCUT2D eigenvalue weighted by molar-refractivity contribution is -0.170. The number of carbonyl (C=O) groups is 2. The third kappa shape index (κ3) is 3.02. The molecule has 6 rings (SSSR count). The zero-order valence-corrected chi connectivity index (χ0v) is 19.2. The Kier molecular flexibility index (Phi) is 4.19. The first-order chi connectivity index (χ1) is 16.1. The average molecular weight is 472 g/mol. The molecule has 10 nitrogen and oxygen atoms in total. The van der Waals surface area contributed by atoms with E-state index in [2.05, 4.69) is 15.4 Å². The number of fused-ring (bicyclic) bond motifs is 3. The second kappa shape index (κ2) is 6.77. The van der Waals surface area contributed by atoms with Gasteiger partial charge in [0.25, 0.3) is 5.88 Å². The van der Waals surface area contributed by atoms with E-state index in [0.29, 0.717) is 24.3 Å². The van der Waals surface area contributed by atoms with Crippen LogP contribution in [-0.4, -0.2) is 48.1 Å². The number of carbonyl (C=O) groups excluding carboxylic acids is 2. The van der Waals surface area contributed by atoms with Crippen molar-refractivity contribution in [3.8, 4) is 5.88 Å². The summed E-state index contributed by atoms with van der Waals surface area (Å²) in [4.78, 5) is 28.6. The smallest absolute Gasteiger partial charge is 0.418 e. The molecule has 180 valence electrons. The Labute approximate surface area is 194 Å². The standard InChI is InChI=1S/C23H25FN4O6/c1-11-23(15-10-31-26-19(15)32-23)34-21(30)28(11)17-7-12(24)5-6-16(17)27-8-13-14(9-27)18(13)25-20(29)33-22(2,3)4/h5-7,10-11,13-14,18H,8-9H2,1-4H3,(H,25,29)/t11-,13+,14?,18-,23+/m1/s1. The summed E-state index contributed by atoms with van der Waals surface area (Å²) in [7, 11) is 0. The van der Waals surface area contributed by atoms with Crippen molar-refractivity contribution in [2.45, 2.75) is 51.2 Å². The number of alkyl carbamates (subject to hydrolysis) is 1. The number of aromatic nitrogens is 1. The van der Waals surface area contributed by atoms with Gasteiger partial charge < -0.3 is 29.0 Å². The molecule has 1 aliphatic carbocycles. The minimum atomic E-state index is -1.33. The van der Waals surface area contributed by atoms with Gasteiger partial charge in [0.2, 0.25) is 0 Å². The Morgan fingerprint density at radius 1 is 1.24 bits per heavy atom. The zero-order valence-electron chi connectivity index (χ0n) is 19.2. The molecule has 2 saturated heterocycles. The maximum atomic E-state index is 14.3. The SMILES string of the molecule is C[C@H]1N(c2cc(F)ccc2N2CC3[C@H](C2)[C@H]3NC(=O)OC(C)(C)C)C(=O)O[C@@]12Oc1nocc12. The van der Waals surface area contributed by atoms with Crippen LogP contribution in [0.4, 0.5) is 25.4 Å². The number of anilines is 2. The molecule has 34 heavy (non-hydrogen) atoms. The number of hydrogen-bond acceptors (Lipinski definition) is 8. The highest BCUT2D eigenvalue weighted by atomic mass is 19.1. The molecule has 1 spiro atoms. The summed E-state index contributed by atoms with van der Waals surface area (Å²) in [6, 6.07) is 3.84. The molecule has 5 atom stereocenters. The number of halogens is 1. The van der Waals surface area contributed by atoms with Crippen molar-refractivity contribution < 1.29 is 32.7 Å². The molecule has 1 aromatic carbocycles. The number of nitrogens with zero attached hydrogens (tertiary/aromatic N) is 3. The molecule has 1 N–H and O–H groups in total. The predicted octanol–water partition coefficient (Wildman–Crippen LogP) is 3.36. The Hall–Kier alpha value is -3.50. The summed E-state index contributed by atoms with van der Waals surface area (Å²) in [5.41, 5.74) is 1.11. The highest BCUT2D eigenvalue weighted by molar-refractivity contribution is 5.96. The van der Waals surface area contributed by atoms with Crippen LogP contribution in [0, 0.1) is 17.7 Å². The number of rotatable bonds is 3. The fourth-order valence-corrected chi connectivity index (χ4v) is 5.31. The monoisotopic (exact) mass is 472 g/mol. The average Bonchev–Trinajstić information content (AvgIpc) is 3.08. The molecule has 1 aromatic heterocycles. The predicted molar refractivity (Wildman–Crippen MR) is 116 cm³/mol. The quantitative estimate of drug-likeness (QED) is 0.725. The van der Waals surface area contributed by atoms with Gasteiger partial charge in [0.1, 0.15) is 29.3 Å². The summed E-state index contributed by atoms with van der Waals surface area (Å²) in [6.07, 6.45) is 0.332. The van der Waals surface area contributed by atoms with E-state index in [1.54, 1.807) is 13.0 Å². The van der Waals surface area contributed by atoms with Crippen molar-refractivity contribution in [3.63, 3.8) is 0 Å². The maximum absolute atomic E-state index is 14.3. The van der Waals surface area contributed by atoms with E-state index in [0.717, 1.165) is 5.69 Å². The van der Waals surface area contributed by atoms with Crippen LogP contribution in [0.1, 0.15) is 33.3 Å². The van der Waals surface area contributed by atoms with E-state index in [1.165, 1.54) is 23.3 Å². The number of benzene rings is 1. The van der Waals surface area contributed by atoms with E-state index in [1.807, 2.05) is 20.8 Å². The van der Waals surface area contributed by atoms with Gasteiger partial charge in [-0.25, -0.2) is 14.0 Å². The fraction of sp³-hybridized carbons (Fsp3) is 0.522. The van der Waals surface area contributed by atoms with Gasteiger partial charge in [0.05, 0.1) is 11.4 Å². The van der Waals surface area contributed by atoms with Crippen LogP contribution in [0.5, 0.6) is 5.88 Å².